The van der Waals surface area contributed by atoms with E-state index in [1.54, 1.807) is 6.07 Å². The number of nitrogens with two attached hydrogens (primary N) is 1. The molecule has 0 bridgehead atoms. The molecule has 1 aromatic rings. The van der Waals surface area contributed by atoms with Crippen LogP contribution in [0.1, 0.15) is 20.3 Å². The molecule has 7 heteroatoms. The summed E-state index contributed by atoms with van der Waals surface area (Å²) in [5.41, 5.74) is 5.65. The number of morpholine rings is 1. The Morgan fingerprint density at radius 1 is 1.45 bits per heavy atom. The predicted molar refractivity (Wildman–Crippen MR) is 81.0 cm³/mol. The number of aromatic nitrogens is 2. The van der Waals surface area contributed by atoms with Crippen molar-refractivity contribution in [1.82, 2.24) is 14.9 Å². The van der Waals surface area contributed by atoms with Crippen LogP contribution in [0.5, 0.6) is 0 Å². The number of halogens is 1. The lowest BCUT2D eigenvalue weighted by molar-refractivity contribution is -0.0131. The lowest BCUT2D eigenvalue weighted by Crippen LogP contribution is -2.54. The minimum atomic E-state index is 0.0516. The molecule has 2 rings (SSSR count). The van der Waals surface area contributed by atoms with Crippen molar-refractivity contribution in [2.24, 2.45) is 0 Å². The maximum Gasteiger partial charge on any atom is 0.223 e. The summed E-state index contributed by atoms with van der Waals surface area (Å²) in [4.78, 5) is 10.5. The Hall–Kier alpha value is -1.11. The zero-order valence-electron chi connectivity index (χ0n) is 12.0. The first-order valence-electron chi connectivity index (χ1n) is 6.90. The molecule has 1 atom stereocenters. The monoisotopic (exact) mass is 299 g/mol. The van der Waals surface area contributed by atoms with Crippen LogP contribution in [0.3, 0.4) is 0 Å². The Morgan fingerprint density at radius 3 is 2.75 bits per heavy atom. The molecular weight excluding hydrogens is 278 g/mol. The number of nitrogens with one attached hydrogen (secondary N) is 1. The average Bonchev–Trinajstić information content (AvgIpc) is 2.45. The van der Waals surface area contributed by atoms with Crippen LogP contribution in [0.2, 0.25) is 5.15 Å². The van der Waals surface area contributed by atoms with Gasteiger partial charge in [0.05, 0.1) is 13.2 Å². The number of ether oxygens (including phenoxy) is 1. The topological polar surface area (TPSA) is 76.3 Å². The van der Waals surface area contributed by atoms with E-state index in [4.69, 9.17) is 22.1 Å². The number of rotatable bonds is 5. The summed E-state index contributed by atoms with van der Waals surface area (Å²) in [7, 11) is 0. The first kappa shape index (κ1) is 15.3. The predicted octanol–water partition coefficient (Wildman–Crippen LogP) is 1.63. The normalized spacial score (nSPS) is 19.6. The molecule has 1 aliphatic heterocycles. The molecule has 3 N–H and O–H groups in total. The van der Waals surface area contributed by atoms with Gasteiger partial charge in [-0.05, 0) is 13.3 Å². The number of hydrogen-bond donors (Lipinski definition) is 2. The van der Waals surface area contributed by atoms with E-state index < -0.39 is 0 Å². The molecular formula is C13H22ClN5O. The Kier molecular flexibility index (Phi) is 5.01. The number of hydrogen-bond acceptors (Lipinski definition) is 6. The second-order valence-electron chi connectivity index (χ2n) is 5.24. The highest BCUT2D eigenvalue weighted by atomic mass is 35.5. The number of nitrogen functional groups attached to an aromatic ring is 1. The zero-order chi connectivity index (χ0) is 14.6. The highest BCUT2D eigenvalue weighted by Crippen LogP contribution is 2.22. The van der Waals surface area contributed by atoms with Crippen molar-refractivity contribution in [3.05, 3.63) is 11.2 Å². The van der Waals surface area contributed by atoms with Crippen LogP contribution < -0.4 is 11.1 Å². The van der Waals surface area contributed by atoms with Gasteiger partial charge in [-0.15, -0.1) is 0 Å². The molecule has 0 aromatic carbocycles. The molecule has 0 amide bonds. The van der Waals surface area contributed by atoms with Crippen molar-refractivity contribution < 1.29 is 4.74 Å². The smallest absolute Gasteiger partial charge is 0.223 e. The van der Waals surface area contributed by atoms with E-state index in [1.807, 2.05) is 0 Å². The minimum Gasteiger partial charge on any atom is -0.379 e. The molecule has 0 aliphatic carbocycles. The van der Waals surface area contributed by atoms with Gasteiger partial charge in [-0.25, -0.2) is 4.98 Å². The molecule has 0 unspecified atom stereocenters. The van der Waals surface area contributed by atoms with Crippen molar-refractivity contribution >= 4 is 23.4 Å². The van der Waals surface area contributed by atoms with E-state index in [0.29, 0.717) is 11.0 Å². The zero-order valence-corrected chi connectivity index (χ0v) is 12.8. The first-order valence-corrected chi connectivity index (χ1v) is 7.28. The summed E-state index contributed by atoms with van der Waals surface area (Å²) in [5.74, 6) is 0.847. The lowest BCUT2D eigenvalue weighted by atomic mass is 9.95. The fourth-order valence-electron chi connectivity index (χ4n) is 2.37. The van der Waals surface area contributed by atoms with Crippen molar-refractivity contribution in [3.63, 3.8) is 0 Å². The largest absolute Gasteiger partial charge is 0.379 e. The number of anilines is 2. The fourth-order valence-corrected chi connectivity index (χ4v) is 2.56. The van der Waals surface area contributed by atoms with E-state index in [9.17, 15) is 0 Å². The third-order valence-corrected chi connectivity index (χ3v) is 4.09. The Morgan fingerprint density at radius 2 is 2.15 bits per heavy atom. The first-order chi connectivity index (χ1) is 9.53. The standard InChI is InChI=1S/C13H22ClN5O/c1-3-13(2,19-4-6-20-7-5-19)9-16-11-8-10(14)17-12(15)18-11/h8H,3-7,9H2,1-2H3,(H3,15,16,17,18)/t13-/m0/s1. The average molecular weight is 300 g/mol. The summed E-state index contributed by atoms with van der Waals surface area (Å²) >= 11 is 5.88. The summed E-state index contributed by atoms with van der Waals surface area (Å²) in [5, 5.41) is 3.67. The molecule has 112 valence electrons. The van der Waals surface area contributed by atoms with Crippen LogP contribution in [-0.2, 0) is 4.74 Å². The highest BCUT2D eigenvalue weighted by Gasteiger charge is 2.31. The summed E-state index contributed by atoms with van der Waals surface area (Å²) in [6, 6.07) is 1.69. The summed E-state index contributed by atoms with van der Waals surface area (Å²) < 4.78 is 5.42. The van der Waals surface area contributed by atoms with Gasteiger partial charge in [0.2, 0.25) is 5.95 Å². The quantitative estimate of drug-likeness (QED) is 0.805. The van der Waals surface area contributed by atoms with Crippen molar-refractivity contribution in [2.45, 2.75) is 25.8 Å². The highest BCUT2D eigenvalue weighted by molar-refractivity contribution is 6.29. The van der Waals surface area contributed by atoms with Gasteiger partial charge in [-0.1, -0.05) is 18.5 Å². The van der Waals surface area contributed by atoms with Gasteiger partial charge in [0.15, 0.2) is 0 Å². The SMILES string of the molecule is CC[C@@](C)(CNc1cc(Cl)nc(N)n1)N1CCOCC1. The Bertz CT molecular complexity index is 432. The van der Waals surface area contributed by atoms with Gasteiger partial charge >= 0.3 is 0 Å². The van der Waals surface area contributed by atoms with Crippen LogP contribution >= 0.6 is 11.6 Å². The van der Waals surface area contributed by atoms with Crippen molar-refractivity contribution in [2.75, 3.05) is 43.9 Å². The summed E-state index contributed by atoms with van der Waals surface area (Å²) in [6.45, 7) is 8.72. The van der Waals surface area contributed by atoms with E-state index in [-0.39, 0.29) is 11.5 Å². The molecule has 0 radical (unpaired) electrons. The second-order valence-corrected chi connectivity index (χ2v) is 5.62. The fraction of sp³-hybridized carbons (Fsp3) is 0.692. The van der Waals surface area contributed by atoms with Crippen molar-refractivity contribution in [3.8, 4) is 0 Å². The van der Waals surface area contributed by atoms with Gasteiger partial charge in [0, 0.05) is 31.2 Å². The van der Waals surface area contributed by atoms with Crippen LogP contribution in [0.25, 0.3) is 0 Å². The van der Waals surface area contributed by atoms with E-state index in [2.05, 4.69) is 34.0 Å². The van der Waals surface area contributed by atoms with E-state index >= 15 is 0 Å². The Labute approximate surface area is 124 Å². The van der Waals surface area contributed by atoms with Crippen molar-refractivity contribution in [1.29, 1.82) is 0 Å². The molecule has 2 heterocycles. The molecule has 1 aromatic heterocycles. The van der Waals surface area contributed by atoms with Crippen LogP contribution in [0.15, 0.2) is 6.07 Å². The maximum atomic E-state index is 5.88. The Balaban J connectivity index is 2.02. The third kappa shape index (κ3) is 3.71. The number of nitrogens with zero attached hydrogens (tertiary/aromatic N) is 3. The second kappa shape index (κ2) is 6.56. The van der Waals surface area contributed by atoms with Gasteiger partial charge in [-0.2, -0.15) is 4.98 Å². The molecule has 0 saturated carbocycles. The van der Waals surface area contributed by atoms with E-state index in [0.717, 1.165) is 39.3 Å². The molecule has 1 fully saturated rings. The van der Waals surface area contributed by atoms with Gasteiger partial charge in [0.1, 0.15) is 11.0 Å². The van der Waals surface area contributed by atoms with Crippen LogP contribution in [-0.4, -0.2) is 53.3 Å². The van der Waals surface area contributed by atoms with Gasteiger partial charge in [-0.3, -0.25) is 4.90 Å². The molecule has 20 heavy (non-hydrogen) atoms. The van der Waals surface area contributed by atoms with Gasteiger partial charge < -0.3 is 15.8 Å². The van der Waals surface area contributed by atoms with Gasteiger partial charge in [0.25, 0.3) is 0 Å². The molecule has 1 aliphatic rings. The molecule has 6 nitrogen and oxygen atoms in total. The lowest BCUT2D eigenvalue weighted by Gasteiger charge is -2.43. The minimum absolute atomic E-state index is 0.0516. The third-order valence-electron chi connectivity index (χ3n) is 3.90. The van der Waals surface area contributed by atoms with Crippen LogP contribution in [0.4, 0.5) is 11.8 Å². The van der Waals surface area contributed by atoms with Crippen LogP contribution in [0, 0.1) is 0 Å². The molecule has 1 saturated heterocycles. The summed E-state index contributed by atoms with van der Waals surface area (Å²) in [6.07, 6.45) is 1.04. The maximum absolute atomic E-state index is 5.88. The molecule has 0 spiro atoms. The van der Waals surface area contributed by atoms with E-state index in [1.165, 1.54) is 0 Å².